The number of nitrogens with zero attached hydrogens (tertiary/aromatic N) is 3. The number of likely N-dealkylation sites (tertiary alicyclic amines) is 1. The lowest BCUT2D eigenvalue weighted by Crippen LogP contribution is -2.20. The molecule has 2 unspecified atom stereocenters. The van der Waals surface area contributed by atoms with Crippen LogP contribution in [0.15, 0.2) is 6.07 Å². The van der Waals surface area contributed by atoms with Crippen molar-refractivity contribution in [3.63, 3.8) is 0 Å². The second kappa shape index (κ2) is 5.10. The fourth-order valence-electron chi connectivity index (χ4n) is 2.42. The zero-order valence-corrected chi connectivity index (χ0v) is 11.0. The zero-order valence-electron chi connectivity index (χ0n) is 11.0. The highest BCUT2D eigenvalue weighted by atomic mass is 15.1. The van der Waals surface area contributed by atoms with Gasteiger partial charge in [-0.2, -0.15) is 0 Å². The SMILES string of the molecule is Cc1cc(C2CCN(C)C2)nc(CC(C)N)n1. The van der Waals surface area contributed by atoms with Gasteiger partial charge in [0.15, 0.2) is 0 Å². The molecule has 4 nitrogen and oxygen atoms in total. The van der Waals surface area contributed by atoms with Crippen molar-refractivity contribution < 1.29 is 0 Å². The maximum absolute atomic E-state index is 5.81. The van der Waals surface area contributed by atoms with E-state index < -0.39 is 0 Å². The summed E-state index contributed by atoms with van der Waals surface area (Å²) in [5, 5.41) is 0. The van der Waals surface area contributed by atoms with Gasteiger partial charge in [-0.1, -0.05) is 0 Å². The maximum Gasteiger partial charge on any atom is 0.130 e. The van der Waals surface area contributed by atoms with Crippen LogP contribution in [0.2, 0.25) is 0 Å². The molecule has 4 heteroatoms. The number of rotatable bonds is 3. The molecule has 94 valence electrons. The number of hydrogen-bond donors (Lipinski definition) is 1. The maximum atomic E-state index is 5.81. The Morgan fingerprint density at radius 1 is 1.53 bits per heavy atom. The van der Waals surface area contributed by atoms with Gasteiger partial charge in [0.1, 0.15) is 5.82 Å². The van der Waals surface area contributed by atoms with E-state index in [2.05, 4.69) is 28.0 Å². The van der Waals surface area contributed by atoms with Crippen molar-refractivity contribution in [2.24, 2.45) is 5.73 Å². The third-order valence-corrected chi connectivity index (χ3v) is 3.23. The van der Waals surface area contributed by atoms with Gasteiger partial charge in [-0.3, -0.25) is 0 Å². The molecule has 1 aromatic rings. The lowest BCUT2D eigenvalue weighted by molar-refractivity contribution is 0.410. The van der Waals surface area contributed by atoms with Gasteiger partial charge in [-0.25, -0.2) is 9.97 Å². The summed E-state index contributed by atoms with van der Waals surface area (Å²) in [5.41, 5.74) is 8.06. The van der Waals surface area contributed by atoms with Gasteiger partial charge in [0.25, 0.3) is 0 Å². The van der Waals surface area contributed by atoms with Crippen molar-refractivity contribution in [3.05, 3.63) is 23.3 Å². The Labute approximate surface area is 103 Å². The number of hydrogen-bond acceptors (Lipinski definition) is 4. The fourth-order valence-corrected chi connectivity index (χ4v) is 2.42. The first kappa shape index (κ1) is 12.5. The summed E-state index contributed by atoms with van der Waals surface area (Å²) >= 11 is 0. The summed E-state index contributed by atoms with van der Waals surface area (Å²) in [7, 11) is 2.16. The highest BCUT2D eigenvalue weighted by Gasteiger charge is 2.23. The van der Waals surface area contributed by atoms with Crippen LogP contribution in [0.1, 0.15) is 36.5 Å². The highest BCUT2D eigenvalue weighted by molar-refractivity contribution is 5.16. The molecule has 1 aliphatic rings. The predicted molar refractivity (Wildman–Crippen MR) is 69.0 cm³/mol. The summed E-state index contributed by atoms with van der Waals surface area (Å²) in [4.78, 5) is 11.5. The minimum absolute atomic E-state index is 0.121. The summed E-state index contributed by atoms with van der Waals surface area (Å²) < 4.78 is 0. The first-order valence-electron chi connectivity index (χ1n) is 6.33. The number of nitrogens with two attached hydrogens (primary N) is 1. The molecule has 1 aliphatic heterocycles. The number of aryl methyl sites for hydroxylation is 1. The Hall–Kier alpha value is -1.00. The summed E-state index contributed by atoms with van der Waals surface area (Å²) in [6, 6.07) is 2.24. The Kier molecular flexibility index (Phi) is 3.74. The van der Waals surface area contributed by atoms with Gasteiger partial charge in [-0.15, -0.1) is 0 Å². The second-order valence-corrected chi connectivity index (χ2v) is 5.28. The van der Waals surface area contributed by atoms with Crippen molar-refractivity contribution in [2.75, 3.05) is 20.1 Å². The smallest absolute Gasteiger partial charge is 0.130 e. The van der Waals surface area contributed by atoms with E-state index in [1.807, 2.05) is 13.8 Å². The van der Waals surface area contributed by atoms with E-state index in [1.54, 1.807) is 0 Å². The first-order valence-corrected chi connectivity index (χ1v) is 6.33. The van der Waals surface area contributed by atoms with Crippen LogP contribution in [0.4, 0.5) is 0 Å². The summed E-state index contributed by atoms with van der Waals surface area (Å²) in [6.45, 7) is 6.30. The third kappa shape index (κ3) is 3.23. The Bertz CT molecular complexity index is 389. The second-order valence-electron chi connectivity index (χ2n) is 5.28. The molecule has 17 heavy (non-hydrogen) atoms. The van der Waals surface area contributed by atoms with Crippen LogP contribution in [-0.4, -0.2) is 41.0 Å². The molecule has 1 saturated heterocycles. The number of likely N-dealkylation sites (N-methyl/N-ethyl adjacent to an activating group) is 1. The predicted octanol–water partition coefficient (Wildman–Crippen LogP) is 1.09. The van der Waals surface area contributed by atoms with E-state index in [4.69, 9.17) is 5.73 Å². The van der Waals surface area contributed by atoms with Crippen LogP contribution in [0.3, 0.4) is 0 Å². The first-order chi connectivity index (χ1) is 8.04. The van der Waals surface area contributed by atoms with Crippen LogP contribution in [-0.2, 0) is 6.42 Å². The van der Waals surface area contributed by atoms with Crippen molar-refractivity contribution in [1.82, 2.24) is 14.9 Å². The molecule has 0 saturated carbocycles. The molecule has 1 aromatic heterocycles. The minimum Gasteiger partial charge on any atom is -0.328 e. The van der Waals surface area contributed by atoms with Gasteiger partial charge >= 0.3 is 0 Å². The molecule has 0 aliphatic carbocycles. The Balaban J connectivity index is 2.19. The normalized spacial score (nSPS) is 22.9. The van der Waals surface area contributed by atoms with Crippen LogP contribution in [0, 0.1) is 6.92 Å². The van der Waals surface area contributed by atoms with Crippen LogP contribution in [0.25, 0.3) is 0 Å². The molecule has 2 N–H and O–H groups in total. The van der Waals surface area contributed by atoms with E-state index in [0.29, 0.717) is 5.92 Å². The van der Waals surface area contributed by atoms with Crippen molar-refractivity contribution in [3.8, 4) is 0 Å². The van der Waals surface area contributed by atoms with Crippen LogP contribution in [0.5, 0.6) is 0 Å². The summed E-state index contributed by atoms with van der Waals surface area (Å²) in [6.07, 6.45) is 1.96. The molecule has 2 rings (SSSR count). The molecule has 0 spiro atoms. The van der Waals surface area contributed by atoms with Crippen LogP contribution >= 0.6 is 0 Å². The molecule has 1 fully saturated rings. The van der Waals surface area contributed by atoms with E-state index in [0.717, 1.165) is 31.0 Å². The van der Waals surface area contributed by atoms with E-state index in [-0.39, 0.29) is 6.04 Å². The van der Waals surface area contributed by atoms with Crippen LogP contribution < -0.4 is 5.73 Å². The molecular weight excluding hydrogens is 212 g/mol. The largest absolute Gasteiger partial charge is 0.328 e. The quantitative estimate of drug-likeness (QED) is 0.850. The summed E-state index contributed by atoms with van der Waals surface area (Å²) in [5.74, 6) is 1.46. The van der Waals surface area contributed by atoms with Gasteiger partial charge in [0.2, 0.25) is 0 Å². The number of aromatic nitrogens is 2. The standard InChI is InChI=1S/C13H22N4/c1-9(14)6-13-15-10(2)7-12(16-13)11-4-5-17(3)8-11/h7,9,11H,4-6,8,14H2,1-3H3. The van der Waals surface area contributed by atoms with E-state index in [9.17, 15) is 0 Å². The lowest BCUT2D eigenvalue weighted by Gasteiger charge is -2.13. The molecular formula is C13H22N4. The van der Waals surface area contributed by atoms with Crippen molar-refractivity contribution in [1.29, 1.82) is 0 Å². The van der Waals surface area contributed by atoms with Gasteiger partial charge in [-0.05, 0) is 39.9 Å². The topological polar surface area (TPSA) is 55.0 Å². The lowest BCUT2D eigenvalue weighted by atomic mass is 10.0. The zero-order chi connectivity index (χ0) is 12.4. The highest BCUT2D eigenvalue weighted by Crippen LogP contribution is 2.25. The Morgan fingerprint density at radius 2 is 2.29 bits per heavy atom. The average molecular weight is 234 g/mol. The average Bonchev–Trinajstić information content (AvgIpc) is 2.62. The minimum atomic E-state index is 0.121. The monoisotopic (exact) mass is 234 g/mol. The van der Waals surface area contributed by atoms with Gasteiger partial charge < -0.3 is 10.6 Å². The fraction of sp³-hybridized carbons (Fsp3) is 0.692. The van der Waals surface area contributed by atoms with Gasteiger partial charge in [0, 0.05) is 36.3 Å². The third-order valence-electron chi connectivity index (χ3n) is 3.23. The van der Waals surface area contributed by atoms with Crippen molar-refractivity contribution in [2.45, 2.75) is 38.6 Å². The molecule has 0 radical (unpaired) electrons. The molecule has 2 heterocycles. The molecule has 0 bridgehead atoms. The molecule has 2 atom stereocenters. The van der Waals surface area contributed by atoms with Gasteiger partial charge in [0.05, 0.1) is 0 Å². The van der Waals surface area contributed by atoms with E-state index in [1.165, 1.54) is 12.1 Å². The van der Waals surface area contributed by atoms with E-state index >= 15 is 0 Å². The molecule has 0 aromatic carbocycles. The Morgan fingerprint density at radius 3 is 2.88 bits per heavy atom. The molecule has 0 amide bonds. The van der Waals surface area contributed by atoms with Crippen molar-refractivity contribution >= 4 is 0 Å².